The van der Waals surface area contributed by atoms with Crippen molar-refractivity contribution in [1.29, 1.82) is 0 Å². The van der Waals surface area contributed by atoms with Crippen LogP contribution in [0, 0.1) is 0 Å². The maximum Gasteiger partial charge on any atom is 0.239 e. The number of carbonyl (C=O) groups is 1. The van der Waals surface area contributed by atoms with E-state index >= 15 is 0 Å². The van der Waals surface area contributed by atoms with Crippen LogP contribution in [0.1, 0.15) is 0 Å². The Bertz CT molecular complexity index is 648. The summed E-state index contributed by atoms with van der Waals surface area (Å²) in [5.74, 6) is -0.103. The highest BCUT2D eigenvalue weighted by molar-refractivity contribution is 9.10. The molecule has 0 radical (unpaired) electrons. The van der Waals surface area contributed by atoms with Crippen LogP contribution in [0.5, 0.6) is 0 Å². The fourth-order valence-electron chi connectivity index (χ4n) is 1.89. The number of carbonyl (C=O) groups excluding carboxylic acids is 1. The largest absolute Gasteiger partial charge is 0.398 e. The minimum Gasteiger partial charge on any atom is -0.398 e. The standard InChI is InChI=1S/C14H17BrN4O2/c1-21-5-4-17-13(20)8-18-12-3-2-11(16)10-6-9(15)7-19-14(10)12/h2-3,6-7,18H,4-5,8,16H2,1H3,(H,17,20). The summed E-state index contributed by atoms with van der Waals surface area (Å²) in [6.45, 7) is 1.15. The van der Waals surface area contributed by atoms with Gasteiger partial charge in [0, 0.05) is 35.4 Å². The van der Waals surface area contributed by atoms with Crippen LogP contribution in [0.15, 0.2) is 28.9 Å². The SMILES string of the molecule is COCCNC(=O)CNc1ccc(N)c2cc(Br)cnc12. The summed E-state index contributed by atoms with van der Waals surface area (Å²) in [4.78, 5) is 16.0. The van der Waals surface area contributed by atoms with Gasteiger partial charge in [0.05, 0.1) is 24.4 Å². The first kappa shape index (κ1) is 15.5. The summed E-state index contributed by atoms with van der Waals surface area (Å²) >= 11 is 3.37. The van der Waals surface area contributed by atoms with E-state index < -0.39 is 0 Å². The fraction of sp³-hybridized carbons (Fsp3) is 0.286. The van der Waals surface area contributed by atoms with Crippen LogP contribution in [-0.4, -0.2) is 37.7 Å². The maximum atomic E-state index is 11.7. The summed E-state index contributed by atoms with van der Waals surface area (Å²) in [6, 6.07) is 5.52. The van der Waals surface area contributed by atoms with E-state index in [1.165, 1.54) is 0 Å². The Morgan fingerprint density at radius 2 is 2.29 bits per heavy atom. The zero-order valence-corrected chi connectivity index (χ0v) is 13.2. The van der Waals surface area contributed by atoms with Gasteiger partial charge in [-0.15, -0.1) is 0 Å². The van der Waals surface area contributed by atoms with E-state index in [1.807, 2.05) is 12.1 Å². The van der Waals surface area contributed by atoms with Crippen molar-refractivity contribution < 1.29 is 9.53 Å². The topological polar surface area (TPSA) is 89.3 Å². The molecule has 0 aliphatic carbocycles. The van der Waals surface area contributed by atoms with Crippen molar-refractivity contribution in [3.8, 4) is 0 Å². The van der Waals surface area contributed by atoms with Crippen molar-refractivity contribution in [2.24, 2.45) is 0 Å². The molecule has 0 saturated carbocycles. The molecule has 1 aromatic heterocycles. The molecule has 2 aromatic rings. The highest BCUT2D eigenvalue weighted by Gasteiger charge is 2.07. The van der Waals surface area contributed by atoms with E-state index in [1.54, 1.807) is 19.4 Å². The molecule has 0 atom stereocenters. The summed E-state index contributed by atoms with van der Waals surface area (Å²) in [6.07, 6.45) is 1.70. The van der Waals surface area contributed by atoms with Crippen LogP contribution >= 0.6 is 15.9 Å². The Balaban J connectivity index is 2.09. The Morgan fingerprint density at radius 1 is 1.48 bits per heavy atom. The Labute approximate surface area is 131 Å². The van der Waals surface area contributed by atoms with E-state index in [0.717, 1.165) is 21.1 Å². The van der Waals surface area contributed by atoms with E-state index in [0.29, 0.717) is 18.8 Å². The molecule has 0 fully saturated rings. The number of fused-ring (bicyclic) bond motifs is 1. The summed E-state index contributed by atoms with van der Waals surface area (Å²) < 4.78 is 5.73. The fourth-order valence-corrected chi connectivity index (χ4v) is 2.22. The molecule has 0 aliphatic rings. The molecule has 4 N–H and O–H groups in total. The molecule has 1 aromatic carbocycles. The number of rotatable bonds is 6. The van der Waals surface area contributed by atoms with E-state index in [2.05, 4.69) is 31.5 Å². The van der Waals surface area contributed by atoms with Crippen LogP contribution in [-0.2, 0) is 9.53 Å². The molecule has 0 unspecified atom stereocenters. The zero-order chi connectivity index (χ0) is 15.2. The van der Waals surface area contributed by atoms with Crippen molar-refractivity contribution in [3.05, 3.63) is 28.9 Å². The lowest BCUT2D eigenvalue weighted by Crippen LogP contribution is -2.32. The first-order valence-electron chi connectivity index (χ1n) is 6.45. The third-order valence-electron chi connectivity index (χ3n) is 2.92. The Kier molecular flexibility index (Phi) is 5.35. The number of nitrogens with two attached hydrogens (primary N) is 1. The monoisotopic (exact) mass is 352 g/mol. The first-order valence-corrected chi connectivity index (χ1v) is 7.24. The second kappa shape index (κ2) is 7.24. The number of aromatic nitrogens is 1. The highest BCUT2D eigenvalue weighted by Crippen LogP contribution is 2.28. The van der Waals surface area contributed by atoms with Crippen molar-refractivity contribution >= 4 is 44.1 Å². The van der Waals surface area contributed by atoms with Gasteiger partial charge in [-0.1, -0.05) is 0 Å². The minimum absolute atomic E-state index is 0.103. The lowest BCUT2D eigenvalue weighted by Gasteiger charge is -2.11. The van der Waals surface area contributed by atoms with Crippen LogP contribution in [0.2, 0.25) is 0 Å². The number of benzene rings is 1. The van der Waals surface area contributed by atoms with Crippen LogP contribution in [0.4, 0.5) is 11.4 Å². The molecular weight excluding hydrogens is 336 g/mol. The van der Waals surface area contributed by atoms with Crippen LogP contribution < -0.4 is 16.4 Å². The van der Waals surface area contributed by atoms with E-state index in [4.69, 9.17) is 10.5 Å². The van der Waals surface area contributed by atoms with Crippen LogP contribution in [0.3, 0.4) is 0 Å². The van der Waals surface area contributed by atoms with Gasteiger partial charge in [-0.3, -0.25) is 9.78 Å². The predicted molar refractivity (Wildman–Crippen MR) is 87.2 cm³/mol. The number of nitrogen functional groups attached to an aromatic ring is 1. The summed E-state index contributed by atoms with van der Waals surface area (Å²) in [5.41, 5.74) is 8.11. The van der Waals surface area contributed by atoms with Gasteiger partial charge in [0.15, 0.2) is 0 Å². The summed E-state index contributed by atoms with van der Waals surface area (Å²) in [7, 11) is 1.59. The number of amides is 1. The van der Waals surface area contributed by atoms with Crippen molar-refractivity contribution in [2.75, 3.05) is 37.9 Å². The lowest BCUT2D eigenvalue weighted by atomic mass is 10.1. The average molecular weight is 353 g/mol. The third kappa shape index (κ3) is 4.05. The molecule has 1 heterocycles. The van der Waals surface area contributed by atoms with E-state index in [9.17, 15) is 4.79 Å². The Hall–Kier alpha value is -1.86. The van der Waals surface area contributed by atoms with E-state index in [-0.39, 0.29) is 12.5 Å². The van der Waals surface area contributed by atoms with Gasteiger partial charge < -0.3 is 21.1 Å². The summed E-state index contributed by atoms with van der Waals surface area (Å²) in [5, 5.41) is 6.66. The molecule has 21 heavy (non-hydrogen) atoms. The maximum absolute atomic E-state index is 11.7. The third-order valence-corrected chi connectivity index (χ3v) is 3.35. The van der Waals surface area contributed by atoms with Gasteiger partial charge in [-0.25, -0.2) is 0 Å². The molecule has 0 saturated heterocycles. The minimum atomic E-state index is -0.103. The number of nitrogens with one attached hydrogen (secondary N) is 2. The second-order valence-electron chi connectivity index (χ2n) is 4.45. The quantitative estimate of drug-likeness (QED) is 0.544. The molecule has 2 rings (SSSR count). The number of methoxy groups -OCH3 is 1. The smallest absolute Gasteiger partial charge is 0.239 e. The van der Waals surface area contributed by atoms with Gasteiger partial charge in [0.25, 0.3) is 0 Å². The van der Waals surface area contributed by atoms with Gasteiger partial charge in [-0.05, 0) is 34.1 Å². The zero-order valence-electron chi connectivity index (χ0n) is 11.6. The van der Waals surface area contributed by atoms with Gasteiger partial charge >= 0.3 is 0 Å². The molecule has 7 heteroatoms. The van der Waals surface area contributed by atoms with Crippen molar-refractivity contribution in [3.63, 3.8) is 0 Å². The molecular formula is C14H17BrN4O2. The number of halogens is 1. The number of nitrogens with zero attached hydrogens (tertiary/aromatic N) is 1. The van der Waals surface area contributed by atoms with Crippen molar-refractivity contribution in [1.82, 2.24) is 10.3 Å². The Morgan fingerprint density at radius 3 is 3.05 bits per heavy atom. The number of ether oxygens (including phenoxy) is 1. The first-order chi connectivity index (χ1) is 10.1. The van der Waals surface area contributed by atoms with Gasteiger partial charge in [0.2, 0.25) is 5.91 Å². The van der Waals surface area contributed by atoms with Gasteiger partial charge in [0.1, 0.15) is 0 Å². The predicted octanol–water partition coefficient (Wildman–Crippen LogP) is 1.75. The molecule has 0 spiro atoms. The average Bonchev–Trinajstić information content (AvgIpc) is 2.47. The van der Waals surface area contributed by atoms with Crippen molar-refractivity contribution in [2.45, 2.75) is 0 Å². The molecule has 112 valence electrons. The number of anilines is 2. The highest BCUT2D eigenvalue weighted by atomic mass is 79.9. The molecule has 0 aliphatic heterocycles. The molecule has 0 bridgehead atoms. The lowest BCUT2D eigenvalue weighted by molar-refractivity contribution is -0.119. The number of hydrogen-bond donors (Lipinski definition) is 3. The molecule has 6 nitrogen and oxygen atoms in total. The molecule has 1 amide bonds. The number of pyridine rings is 1. The normalized spacial score (nSPS) is 10.6. The van der Waals surface area contributed by atoms with Gasteiger partial charge in [-0.2, -0.15) is 0 Å². The van der Waals surface area contributed by atoms with Crippen LogP contribution in [0.25, 0.3) is 10.9 Å². The second-order valence-corrected chi connectivity index (χ2v) is 5.36. The number of hydrogen-bond acceptors (Lipinski definition) is 5.